The first-order valence-electron chi connectivity index (χ1n) is 6.03. The van der Waals surface area contributed by atoms with Crippen molar-refractivity contribution in [1.82, 2.24) is 5.32 Å². The molecule has 2 nitrogen and oxygen atoms in total. The monoisotopic (exact) mass is 236 g/mol. The highest BCUT2D eigenvalue weighted by Crippen LogP contribution is 2.24. The van der Waals surface area contributed by atoms with Crippen molar-refractivity contribution in [2.45, 2.75) is 24.2 Å². The molecule has 0 amide bonds. The SMILES string of the molecule is Nc1cccc(SCCC2CCNCC2)c1. The van der Waals surface area contributed by atoms with Gasteiger partial charge in [-0.2, -0.15) is 0 Å². The Morgan fingerprint density at radius 3 is 2.88 bits per heavy atom. The van der Waals surface area contributed by atoms with E-state index in [9.17, 15) is 0 Å². The highest BCUT2D eigenvalue weighted by molar-refractivity contribution is 7.99. The molecule has 1 aliphatic heterocycles. The third-order valence-electron chi connectivity index (χ3n) is 3.11. The molecule has 2 rings (SSSR count). The minimum Gasteiger partial charge on any atom is -0.399 e. The molecule has 1 aromatic rings. The molecular weight excluding hydrogens is 216 g/mol. The van der Waals surface area contributed by atoms with E-state index in [1.807, 2.05) is 23.9 Å². The van der Waals surface area contributed by atoms with E-state index >= 15 is 0 Å². The van der Waals surface area contributed by atoms with Gasteiger partial charge < -0.3 is 11.1 Å². The number of hydrogen-bond donors (Lipinski definition) is 2. The van der Waals surface area contributed by atoms with Crippen molar-refractivity contribution < 1.29 is 0 Å². The van der Waals surface area contributed by atoms with Gasteiger partial charge in [0.2, 0.25) is 0 Å². The fraction of sp³-hybridized carbons (Fsp3) is 0.538. The second kappa shape index (κ2) is 6.16. The Hall–Kier alpha value is -0.670. The molecule has 0 atom stereocenters. The Morgan fingerprint density at radius 1 is 1.31 bits per heavy atom. The largest absolute Gasteiger partial charge is 0.399 e. The summed E-state index contributed by atoms with van der Waals surface area (Å²) in [5.41, 5.74) is 6.62. The van der Waals surface area contributed by atoms with Crippen LogP contribution in [0.3, 0.4) is 0 Å². The van der Waals surface area contributed by atoms with Gasteiger partial charge in [-0.25, -0.2) is 0 Å². The summed E-state index contributed by atoms with van der Waals surface area (Å²) in [7, 11) is 0. The first kappa shape index (κ1) is 11.8. The van der Waals surface area contributed by atoms with E-state index in [2.05, 4.69) is 17.4 Å². The van der Waals surface area contributed by atoms with Crippen LogP contribution in [-0.2, 0) is 0 Å². The normalized spacial score (nSPS) is 17.5. The van der Waals surface area contributed by atoms with Crippen molar-refractivity contribution in [2.75, 3.05) is 24.6 Å². The van der Waals surface area contributed by atoms with Crippen LogP contribution in [0, 0.1) is 5.92 Å². The molecule has 1 fully saturated rings. The Kier molecular flexibility index (Phi) is 4.55. The Balaban J connectivity index is 1.71. The molecule has 0 aromatic heterocycles. The van der Waals surface area contributed by atoms with Crippen LogP contribution in [0.5, 0.6) is 0 Å². The van der Waals surface area contributed by atoms with Crippen LogP contribution in [-0.4, -0.2) is 18.8 Å². The Labute approximate surface area is 102 Å². The van der Waals surface area contributed by atoms with Gasteiger partial charge in [-0.3, -0.25) is 0 Å². The topological polar surface area (TPSA) is 38.0 Å². The summed E-state index contributed by atoms with van der Waals surface area (Å²) >= 11 is 1.93. The summed E-state index contributed by atoms with van der Waals surface area (Å²) in [6.07, 6.45) is 4.02. The van der Waals surface area contributed by atoms with Gasteiger partial charge in [-0.15, -0.1) is 11.8 Å². The zero-order valence-corrected chi connectivity index (χ0v) is 10.4. The maximum Gasteiger partial charge on any atom is 0.0325 e. The average Bonchev–Trinajstić information content (AvgIpc) is 2.30. The average molecular weight is 236 g/mol. The van der Waals surface area contributed by atoms with Crippen molar-refractivity contribution >= 4 is 17.4 Å². The number of anilines is 1. The summed E-state index contributed by atoms with van der Waals surface area (Å²) in [6.45, 7) is 2.40. The summed E-state index contributed by atoms with van der Waals surface area (Å²) in [6, 6.07) is 8.18. The standard InChI is InChI=1S/C13H20N2S/c14-12-2-1-3-13(10-12)16-9-6-11-4-7-15-8-5-11/h1-3,10-11,15H,4-9,14H2. The van der Waals surface area contributed by atoms with E-state index in [4.69, 9.17) is 5.73 Å². The second-order valence-electron chi connectivity index (χ2n) is 4.40. The lowest BCUT2D eigenvalue weighted by molar-refractivity contribution is 0.367. The lowest BCUT2D eigenvalue weighted by Gasteiger charge is -2.22. The van der Waals surface area contributed by atoms with Crippen LogP contribution in [0.25, 0.3) is 0 Å². The molecule has 1 heterocycles. The van der Waals surface area contributed by atoms with Gasteiger partial charge >= 0.3 is 0 Å². The number of nitrogen functional groups attached to an aromatic ring is 1. The highest BCUT2D eigenvalue weighted by atomic mass is 32.2. The lowest BCUT2D eigenvalue weighted by Crippen LogP contribution is -2.27. The highest BCUT2D eigenvalue weighted by Gasteiger charge is 2.12. The number of rotatable bonds is 4. The maximum absolute atomic E-state index is 5.75. The number of benzene rings is 1. The van der Waals surface area contributed by atoms with Crippen LogP contribution in [0.2, 0.25) is 0 Å². The molecule has 16 heavy (non-hydrogen) atoms. The van der Waals surface area contributed by atoms with Crippen molar-refractivity contribution in [3.63, 3.8) is 0 Å². The predicted octanol–water partition coefficient (Wildman–Crippen LogP) is 2.75. The van der Waals surface area contributed by atoms with Gasteiger partial charge in [0.15, 0.2) is 0 Å². The Morgan fingerprint density at radius 2 is 2.12 bits per heavy atom. The minimum absolute atomic E-state index is 0.867. The minimum atomic E-state index is 0.867. The molecular formula is C13H20N2S. The van der Waals surface area contributed by atoms with Gasteiger partial charge in [0.1, 0.15) is 0 Å². The molecule has 0 radical (unpaired) electrons. The van der Waals surface area contributed by atoms with Gasteiger partial charge in [0.25, 0.3) is 0 Å². The van der Waals surface area contributed by atoms with E-state index in [0.717, 1.165) is 11.6 Å². The molecule has 3 N–H and O–H groups in total. The molecule has 0 saturated carbocycles. The van der Waals surface area contributed by atoms with Crippen LogP contribution in [0.4, 0.5) is 5.69 Å². The van der Waals surface area contributed by atoms with Crippen molar-refractivity contribution in [1.29, 1.82) is 0 Å². The van der Waals surface area contributed by atoms with Gasteiger partial charge in [-0.1, -0.05) is 6.07 Å². The van der Waals surface area contributed by atoms with E-state index < -0.39 is 0 Å². The van der Waals surface area contributed by atoms with Crippen molar-refractivity contribution in [2.24, 2.45) is 5.92 Å². The number of nitrogens with two attached hydrogens (primary N) is 1. The summed E-state index contributed by atoms with van der Waals surface area (Å²) < 4.78 is 0. The third kappa shape index (κ3) is 3.72. The maximum atomic E-state index is 5.75. The summed E-state index contributed by atoms with van der Waals surface area (Å²) in [4.78, 5) is 1.30. The first-order chi connectivity index (χ1) is 7.84. The van der Waals surface area contributed by atoms with E-state index in [1.165, 1.54) is 43.0 Å². The summed E-state index contributed by atoms with van der Waals surface area (Å²) in [5.74, 6) is 2.14. The van der Waals surface area contributed by atoms with Gasteiger partial charge in [0.05, 0.1) is 0 Å². The van der Waals surface area contributed by atoms with E-state index in [1.54, 1.807) is 0 Å². The molecule has 1 aromatic carbocycles. The molecule has 0 bridgehead atoms. The third-order valence-corrected chi connectivity index (χ3v) is 4.14. The van der Waals surface area contributed by atoms with Crippen LogP contribution in [0.1, 0.15) is 19.3 Å². The second-order valence-corrected chi connectivity index (χ2v) is 5.57. The van der Waals surface area contributed by atoms with E-state index in [0.29, 0.717) is 0 Å². The zero-order chi connectivity index (χ0) is 11.2. The van der Waals surface area contributed by atoms with E-state index in [-0.39, 0.29) is 0 Å². The molecule has 3 heteroatoms. The molecule has 88 valence electrons. The van der Waals surface area contributed by atoms with Gasteiger partial charge in [-0.05, 0) is 62.2 Å². The number of piperidine rings is 1. The number of nitrogens with one attached hydrogen (secondary N) is 1. The van der Waals surface area contributed by atoms with Crippen molar-refractivity contribution in [3.05, 3.63) is 24.3 Å². The molecule has 1 saturated heterocycles. The number of thioether (sulfide) groups is 1. The molecule has 0 aliphatic carbocycles. The zero-order valence-electron chi connectivity index (χ0n) is 9.61. The van der Waals surface area contributed by atoms with Crippen LogP contribution >= 0.6 is 11.8 Å². The lowest BCUT2D eigenvalue weighted by atomic mass is 9.96. The Bertz CT molecular complexity index is 321. The molecule has 1 aliphatic rings. The molecule has 0 unspecified atom stereocenters. The predicted molar refractivity (Wildman–Crippen MR) is 71.8 cm³/mol. The first-order valence-corrected chi connectivity index (χ1v) is 7.02. The van der Waals surface area contributed by atoms with Crippen LogP contribution in [0.15, 0.2) is 29.2 Å². The van der Waals surface area contributed by atoms with Crippen LogP contribution < -0.4 is 11.1 Å². The quantitative estimate of drug-likeness (QED) is 0.623. The fourth-order valence-corrected chi connectivity index (χ4v) is 3.20. The summed E-state index contributed by atoms with van der Waals surface area (Å²) in [5, 5.41) is 3.41. The number of hydrogen-bond acceptors (Lipinski definition) is 3. The fourth-order valence-electron chi connectivity index (χ4n) is 2.12. The molecule has 0 spiro atoms. The van der Waals surface area contributed by atoms with Crippen molar-refractivity contribution in [3.8, 4) is 0 Å². The van der Waals surface area contributed by atoms with Gasteiger partial charge in [0, 0.05) is 10.6 Å². The smallest absolute Gasteiger partial charge is 0.0325 e.